The van der Waals surface area contributed by atoms with Crippen molar-refractivity contribution in [3.63, 3.8) is 0 Å². The van der Waals surface area contributed by atoms with Gasteiger partial charge in [-0.1, -0.05) is 0 Å². The molecular formula is C7H9N5O. The van der Waals surface area contributed by atoms with Crippen LogP contribution in [0.3, 0.4) is 0 Å². The Morgan fingerprint density at radius 2 is 2.38 bits per heavy atom. The highest BCUT2D eigenvalue weighted by Gasteiger charge is 2.05. The van der Waals surface area contributed by atoms with Crippen LogP contribution in [0.5, 0.6) is 0 Å². The average Bonchev–Trinajstić information content (AvgIpc) is 2.42. The molecule has 0 aliphatic rings. The van der Waals surface area contributed by atoms with Crippen molar-refractivity contribution >= 4 is 17.0 Å². The minimum absolute atomic E-state index is 0.167. The first-order valence-electron chi connectivity index (χ1n) is 3.82. The molecule has 0 aliphatic heterocycles. The van der Waals surface area contributed by atoms with E-state index < -0.39 is 0 Å². The Morgan fingerprint density at radius 1 is 1.62 bits per heavy atom. The minimum Gasteiger partial charge on any atom is -0.357 e. The number of aryl methyl sites for hydroxylation is 1. The maximum atomic E-state index is 11.2. The summed E-state index contributed by atoms with van der Waals surface area (Å²) in [6.07, 6.45) is 1.51. The van der Waals surface area contributed by atoms with Crippen molar-refractivity contribution in [3.05, 3.63) is 16.6 Å². The molecule has 2 heterocycles. The third-order valence-corrected chi connectivity index (χ3v) is 1.82. The lowest BCUT2D eigenvalue weighted by molar-refractivity contribution is 0.773. The summed E-state index contributed by atoms with van der Waals surface area (Å²) in [7, 11) is 3.46. The highest BCUT2D eigenvalue weighted by Crippen LogP contribution is 2.05. The van der Waals surface area contributed by atoms with Crippen LogP contribution in [0.2, 0.25) is 0 Å². The normalized spacial score (nSPS) is 10.6. The number of anilines is 1. The van der Waals surface area contributed by atoms with Gasteiger partial charge in [0.25, 0.3) is 5.56 Å². The summed E-state index contributed by atoms with van der Waals surface area (Å²) < 4.78 is 1.57. The zero-order chi connectivity index (χ0) is 9.42. The van der Waals surface area contributed by atoms with Crippen molar-refractivity contribution in [2.75, 3.05) is 12.4 Å². The second-order valence-corrected chi connectivity index (χ2v) is 2.68. The number of aromatic nitrogens is 4. The molecule has 0 aliphatic carbocycles. The Bertz CT molecular complexity index is 497. The number of hydrogen-bond acceptors (Lipinski definition) is 4. The fraction of sp³-hybridized carbons (Fsp3) is 0.286. The van der Waals surface area contributed by atoms with Crippen LogP contribution in [-0.4, -0.2) is 26.8 Å². The molecule has 0 saturated heterocycles. The van der Waals surface area contributed by atoms with Crippen LogP contribution in [0.15, 0.2) is 11.0 Å². The van der Waals surface area contributed by atoms with E-state index in [0.29, 0.717) is 17.0 Å². The third-order valence-electron chi connectivity index (χ3n) is 1.82. The first kappa shape index (κ1) is 7.78. The molecule has 0 radical (unpaired) electrons. The Kier molecular flexibility index (Phi) is 1.54. The lowest BCUT2D eigenvalue weighted by Gasteiger charge is -1.97. The number of hydrogen-bond donors (Lipinski definition) is 2. The van der Waals surface area contributed by atoms with Crippen molar-refractivity contribution < 1.29 is 0 Å². The van der Waals surface area contributed by atoms with Gasteiger partial charge < -0.3 is 5.32 Å². The minimum atomic E-state index is -0.167. The maximum Gasteiger partial charge on any atom is 0.275 e. The van der Waals surface area contributed by atoms with Crippen LogP contribution in [0, 0.1) is 0 Å². The van der Waals surface area contributed by atoms with E-state index in [1.165, 1.54) is 6.20 Å². The summed E-state index contributed by atoms with van der Waals surface area (Å²) in [5.41, 5.74) is 0.435. The Hall–Kier alpha value is -1.85. The standard InChI is InChI=1S/C7H9N5O/c1-8-7-9-3-4-5(10-7)12(2)11-6(4)13/h3H,1-2H3,(H,11,13)(H,8,9,10). The van der Waals surface area contributed by atoms with Crippen molar-refractivity contribution in [1.82, 2.24) is 19.7 Å². The average molecular weight is 179 g/mol. The van der Waals surface area contributed by atoms with Gasteiger partial charge in [-0.3, -0.25) is 14.6 Å². The van der Waals surface area contributed by atoms with Crippen molar-refractivity contribution in [2.24, 2.45) is 7.05 Å². The van der Waals surface area contributed by atoms with Gasteiger partial charge in [-0.05, 0) is 0 Å². The molecule has 2 aromatic heterocycles. The highest BCUT2D eigenvalue weighted by atomic mass is 16.1. The van der Waals surface area contributed by atoms with Gasteiger partial charge in [0.05, 0.1) is 0 Å². The third kappa shape index (κ3) is 1.07. The molecule has 0 aromatic carbocycles. The van der Waals surface area contributed by atoms with Crippen LogP contribution in [0.1, 0.15) is 0 Å². The summed E-state index contributed by atoms with van der Waals surface area (Å²) in [6.45, 7) is 0. The molecule has 0 spiro atoms. The van der Waals surface area contributed by atoms with Gasteiger partial charge in [0.2, 0.25) is 5.95 Å². The van der Waals surface area contributed by atoms with Gasteiger partial charge >= 0.3 is 0 Å². The molecule has 6 heteroatoms. The van der Waals surface area contributed by atoms with Crippen molar-refractivity contribution in [2.45, 2.75) is 0 Å². The zero-order valence-electron chi connectivity index (χ0n) is 7.33. The zero-order valence-corrected chi connectivity index (χ0v) is 7.33. The lowest BCUT2D eigenvalue weighted by atomic mass is 10.4. The molecule has 0 bridgehead atoms. The quantitative estimate of drug-likeness (QED) is 0.630. The summed E-state index contributed by atoms with van der Waals surface area (Å²) in [5.74, 6) is 0.502. The first-order chi connectivity index (χ1) is 6.22. The van der Waals surface area contributed by atoms with Gasteiger partial charge in [0, 0.05) is 20.3 Å². The smallest absolute Gasteiger partial charge is 0.275 e. The van der Waals surface area contributed by atoms with Crippen LogP contribution < -0.4 is 10.9 Å². The fourth-order valence-corrected chi connectivity index (χ4v) is 1.17. The Balaban J connectivity index is 2.84. The van der Waals surface area contributed by atoms with Crippen LogP contribution >= 0.6 is 0 Å². The molecular weight excluding hydrogens is 170 g/mol. The summed E-state index contributed by atoms with van der Waals surface area (Å²) in [4.78, 5) is 19.3. The molecule has 2 rings (SSSR count). The second kappa shape index (κ2) is 2.58. The molecule has 0 unspecified atom stereocenters. The van der Waals surface area contributed by atoms with E-state index in [4.69, 9.17) is 0 Å². The van der Waals surface area contributed by atoms with Crippen LogP contribution in [0.25, 0.3) is 11.0 Å². The number of nitrogens with one attached hydrogen (secondary N) is 2. The van der Waals surface area contributed by atoms with Crippen molar-refractivity contribution in [1.29, 1.82) is 0 Å². The van der Waals surface area contributed by atoms with E-state index in [9.17, 15) is 4.79 Å². The molecule has 6 nitrogen and oxygen atoms in total. The summed E-state index contributed by atoms with van der Waals surface area (Å²) in [5, 5.41) is 5.90. The van der Waals surface area contributed by atoms with Gasteiger partial charge in [0.15, 0.2) is 5.65 Å². The summed E-state index contributed by atoms with van der Waals surface area (Å²) in [6, 6.07) is 0. The van der Waals surface area contributed by atoms with E-state index in [-0.39, 0.29) is 5.56 Å². The number of H-pyrrole nitrogens is 1. The number of nitrogens with zero attached hydrogens (tertiary/aromatic N) is 3. The molecule has 0 amide bonds. The van der Waals surface area contributed by atoms with E-state index in [0.717, 1.165) is 0 Å². The monoisotopic (exact) mass is 179 g/mol. The molecule has 68 valence electrons. The molecule has 2 aromatic rings. The number of rotatable bonds is 1. The first-order valence-corrected chi connectivity index (χ1v) is 3.82. The van der Waals surface area contributed by atoms with Crippen LogP contribution in [-0.2, 0) is 7.05 Å². The Morgan fingerprint density at radius 3 is 3.08 bits per heavy atom. The molecule has 2 N–H and O–H groups in total. The van der Waals surface area contributed by atoms with E-state index in [2.05, 4.69) is 20.4 Å². The van der Waals surface area contributed by atoms with Gasteiger partial charge in [-0.2, -0.15) is 4.98 Å². The summed E-state index contributed by atoms with van der Waals surface area (Å²) >= 11 is 0. The van der Waals surface area contributed by atoms with E-state index in [1.54, 1.807) is 18.8 Å². The highest BCUT2D eigenvalue weighted by molar-refractivity contribution is 5.74. The molecule has 0 fully saturated rings. The predicted molar refractivity (Wildman–Crippen MR) is 48.7 cm³/mol. The predicted octanol–water partition coefficient (Wildman–Crippen LogP) is -0.302. The molecule has 0 saturated carbocycles. The maximum absolute atomic E-state index is 11.2. The van der Waals surface area contributed by atoms with Crippen molar-refractivity contribution in [3.8, 4) is 0 Å². The Labute approximate surface area is 73.6 Å². The van der Waals surface area contributed by atoms with Gasteiger partial charge in [-0.25, -0.2) is 4.98 Å². The molecule has 13 heavy (non-hydrogen) atoms. The second-order valence-electron chi connectivity index (χ2n) is 2.68. The van der Waals surface area contributed by atoms with Gasteiger partial charge in [-0.15, -0.1) is 0 Å². The van der Waals surface area contributed by atoms with E-state index >= 15 is 0 Å². The number of fused-ring (bicyclic) bond motifs is 1. The van der Waals surface area contributed by atoms with E-state index in [1.807, 2.05) is 0 Å². The molecule has 0 atom stereocenters. The topological polar surface area (TPSA) is 75.6 Å². The number of aromatic amines is 1. The largest absolute Gasteiger partial charge is 0.357 e. The SMILES string of the molecule is CNc1ncc2c(=O)[nH]n(C)c2n1. The lowest BCUT2D eigenvalue weighted by Crippen LogP contribution is -2.01. The van der Waals surface area contributed by atoms with Crippen LogP contribution in [0.4, 0.5) is 5.95 Å². The fourth-order valence-electron chi connectivity index (χ4n) is 1.17. The van der Waals surface area contributed by atoms with Gasteiger partial charge in [0.1, 0.15) is 5.39 Å².